The van der Waals surface area contributed by atoms with Crippen molar-refractivity contribution in [2.75, 3.05) is 4.90 Å². The molecule has 3 heterocycles. The van der Waals surface area contributed by atoms with E-state index >= 15 is 0 Å². The van der Waals surface area contributed by atoms with E-state index in [1.54, 1.807) is 29.1 Å². The van der Waals surface area contributed by atoms with Gasteiger partial charge in [0.15, 0.2) is 5.72 Å². The van der Waals surface area contributed by atoms with Crippen LogP contribution in [0.5, 0.6) is 0 Å². The summed E-state index contributed by atoms with van der Waals surface area (Å²) in [6.07, 6.45) is 3.14. The summed E-state index contributed by atoms with van der Waals surface area (Å²) in [5.74, 6) is -0.522. The fourth-order valence-corrected chi connectivity index (χ4v) is 3.87. The molecule has 2 aromatic carbocycles. The highest BCUT2D eigenvalue weighted by atomic mass is 19.1. The van der Waals surface area contributed by atoms with Crippen LogP contribution in [-0.4, -0.2) is 31.6 Å². The first-order valence-corrected chi connectivity index (χ1v) is 9.53. The van der Waals surface area contributed by atoms with Crippen LogP contribution in [0.15, 0.2) is 67.0 Å². The van der Waals surface area contributed by atoms with E-state index in [4.69, 9.17) is 0 Å². The number of amides is 2. The molecule has 1 aliphatic heterocycles. The zero-order valence-corrected chi connectivity index (χ0v) is 16.3. The molecule has 0 radical (unpaired) electrons. The van der Waals surface area contributed by atoms with Crippen LogP contribution in [0.4, 0.5) is 19.4 Å². The van der Waals surface area contributed by atoms with E-state index in [1.807, 2.05) is 0 Å². The third-order valence-electron chi connectivity index (χ3n) is 5.41. The highest BCUT2D eigenvalue weighted by Crippen LogP contribution is 2.38. The lowest BCUT2D eigenvalue weighted by Gasteiger charge is -2.31. The summed E-state index contributed by atoms with van der Waals surface area (Å²) in [5, 5.41) is 18.9. The maximum atomic E-state index is 13.3. The first-order valence-electron chi connectivity index (χ1n) is 9.53. The van der Waals surface area contributed by atoms with Crippen molar-refractivity contribution in [1.82, 2.24) is 20.1 Å². The number of aromatic nitrogens is 3. The van der Waals surface area contributed by atoms with Crippen LogP contribution < -0.4 is 10.2 Å². The number of nitrogens with one attached hydrogen (secondary N) is 1. The molecule has 0 aliphatic carbocycles. The lowest BCUT2D eigenvalue weighted by atomic mass is 9.98. The molecule has 1 unspecified atom stereocenters. The Hall–Kier alpha value is -3.85. The van der Waals surface area contributed by atoms with E-state index in [-0.39, 0.29) is 11.6 Å². The molecule has 0 bridgehead atoms. The van der Waals surface area contributed by atoms with Gasteiger partial charge in [-0.3, -0.25) is 0 Å². The van der Waals surface area contributed by atoms with Gasteiger partial charge >= 0.3 is 6.03 Å². The van der Waals surface area contributed by atoms with Crippen molar-refractivity contribution < 1.29 is 18.7 Å². The van der Waals surface area contributed by atoms with E-state index < -0.39 is 23.6 Å². The topological polar surface area (TPSA) is 83.3 Å². The third kappa shape index (κ3) is 3.10. The first kappa shape index (κ1) is 19.1. The zero-order chi connectivity index (χ0) is 21.8. The average Bonchev–Trinajstić information content (AvgIpc) is 3.26. The summed E-state index contributed by atoms with van der Waals surface area (Å²) in [5.41, 5.74) is 0.230. The van der Waals surface area contributed by atoms with Gasteiger partial charge in [0, 0.05) is 5.39 Å². The average molecular weight is 421 g/mol. The molecule has 9 heteroatoms. The summed E-state index contributed by atoms with van der Waals surface area (Å²) in [4.78, 5) is 18.2. The normalized spacial score (nSPS) is 21.0. The molecule has 2 atom stereocenters. The van der Waals surface area contributed by atoms with Gasteiger partial charge in [0.2, 0.25) is 0 Å². The highest BCUT2D eigenvalue weighted by molar-refractivity contribution is 5.97. The zero-order valence-electron chi connectivity index (χ0n) is 16.3. The van der Waals surface area contributed by atoms with Crippen molar-refractivity contribution in [3.8, 4) is 5.69 Å². The summed E-state index contributed by atoms with van der Waals surface area (Å²) in [6.45, 7) is 1.49. The number of anilines is 1. The Morgan fingerprint density at radius 1 is 1.03 bits per heavy atom. The molecule has 156 valence electrons. The lowest BCUT2D eigenvalue weighted by molar-refractivity contribution is 0.0492. The molecule has 31 heavy (non-hydrogen) atoms. The largest absolute Gasteiger partial charge is 0.368 e. The Balaban J connectivity index is 1.52. The number of nitrogens with zero attached hydrogens (tertiary/aromatic N) is 4. The van der Waals surface area contributed by atoms with Crippen LogP contribution in [0.25, 0.3) is 16.6 Å². The maximum absolute atomic E-state index is 13.3. The first-order chi connectivity index (χ1) is 14.8. The molecule has 2 N–H and O–H groups in total. The summed E-state index contributed by atoms with van der Waals surface area (Å²) in [7, 11) is 0. The predicted octanol–water partition coefficient (Wildman–Crippen LogP) is 3.68. The minimum Gasteiger partial charge on any atom is -0.368 e. The van der Waals surface area contributed by atoms with Crippen LogP contribution in [0.1, 0.15) is 18.5 Å². The fourth-order valence-electron chi connectivity index (χ4n) is 3.87. The molecule has 0 saturated carbocycles. The molecule has 7 nitrogen and oxygen atoms in total. The Morgan fingerprint density at radius 2 is 1.68 bits per heavy atom. The predicted molar refractivity (Wildman–Crippen MR) is 110 cm³/mol. The summed E-state index contributed by atoms with van der Waals surface area (Å²) in [6, 6.07) is 11.8. The molecule has 5 rings (SSSR count). The van der Waals surface area contributed by atoms with Crippen LogP contribution >= 0.6 is 0 Å². The van der Waals surface area contributed by atoms with E-state index in [9.17, 15) is 18.7 Å². The van der Waals surface area contributed by atoms with Gasteiger partial charge in [-0.25, -0.2) is 28.1 Å². The van der Waals surface area contributed by atoms with Crippen LogP contribution in [-0.2, 0) is 0 Å². The monoisotopic (exact) mass is 421 g/mol. The van der Waals surface area contributed by atoms with Crippen molar-refractivity contribution in [3.63, 3.8) is 0 Å². The number of hydrogen-bond acceptors (Lipinski definition) is 4. The minimum absolute atomic E-state index is 0.235. The van der Waals surface area contributed by atoms with Gasteiger partial charge in [-0.15, -0.1) is 0 Å². The van der Waals surface area contributed by atoms with Gasteiger partial charge in [-0.1, -0.05) is 12.1 Å². The Bertz CT molecular complexity index is 1290. The number of urea groups is 1. The highest BCUT2D eigenvalue weighted by Gasteiger charge is 2.50. The number of carbonyl (C=O) groups excluding carboxylic acids is 1. The van der Waals surface area contributed by atoms with E-state index in [1.165, 1.54) is 49.5 Å². The Kier molecular flexibility index (Phi) is 4.23. The number of fused-ring (bicyclic) bond motifs is 1. The third-order valence-corrected chi connectivity index (χ3v) is 5.41. The SMILES string of the molecule is CC1(O)[C@H](c2ccc(F)cc2)NC(=O)N1c1cc2cnn(-c3ccc(F)cc3)c2cn1. The molecule has 1 aliphatic rings. The molecule has 2 aromatic heterocycles. The number of halogens is 2. The molecule has 0 spiro atoms. The van der Waals surface area contributed by atoms with Gasteiger partial charge < -0.3 is 10.4 Å². The number of pyridine rings is 1. The molecular weight excluding hydrogens is 404 g/mol. The number of aliphatic hydroxyl groups is 1. The quantitative estimate of drug-likeness (QED) is 0.529. The van der Waals surface area contributed by atoms with Crippen molar-refractivity contribution in [2.45, 2.75) is 18.7 Å². The van der Waals surface area contributed by atoms with Crippen molar-refractivity contribution in [3.05, 3.63) is 84.2 Å². The summed E-state index contributed by atoms with van der Waals surface area (Å²) < 4.78 is 28.1. The van der Waals surface area contributed by atoms with Gasteiger partial charge in [-0.05, 0) is 55.0 Å². The van der Waals surface area contributed by atoms with Crippen LogP contribution in [0, 0.1) is 11.6 Å². The second-order valence-corrected chi connectivity index (χ2v) is 7.50. The van der Waals surface area contributed by atoms with Crippen molar-refractivity contribution >= 4 is 22.8 Å². The number of hydrogen-bond donors (Lipinski definition) is 2. The second kappa shape index (κ2) is 6.85. The van der Waals surface area contributed by atoms with E-state index in [2.05, 4.69) is 15.4 Å². The van der Waals surface area contributed by atoms with Gasteiger partial charge in [0.1, 0.15) is 23.5 Å². The Labute approximate surface area is 175 Å². The fraction of sp³-hybridized carbons (Fsp3) is 0.136. The van der Waals surface area contributed by atoms with E-state index in [0.29, 0.717) is 22.2 Å². The van der Waals surface area contributed by atoms with Gasteiger partial charge in [0.25, 0.3) is 0 Å². The molecule has 1 fully saturated rings. The Morgan fingerprint density at radius 3 is 2.35 bits per heavy atom. The molecule has 4 aromatic rings. The number of carbonyl (C=O) groups is 1. The second-order valence-electron chi connectivity index (χ2n) is 7.50. The minimum atomic E-state index is -1.65. The lowest BCUT2D eigenvalue weighted by Crippen LogP contribution is -2.46. The van der Waals surface area contributed by atoms with Crippen LogP contribution in [0.2, 0.25) is 0 Å². The smallest absolute Gasteiger partial charge is 0.326 e. The van der Waals surface area contributed by atoms with Gasteiger partial charge in [0.05, 0.1) is 23.6 Å². The van der Waals surface area contributed by atoms with E-state index in [0.717, 1.165) is 4.90 Å². The number of benzene rings is 2. The van der Waals surface area contributed by atoms with Gasteiger partial charge in [-0.2, -0.15) is 5.10 Å². The summed E-state index contributed by atoms with van der Waals surface area (Å²) >= 11 is 0. The number of rotatable bonds is 3. The standard InChI is InChI=1S/C22H17F2N5O2/c1-22(31)20(13-2-4-15(23)5-3-13)27-21(30)28(22)19-10-14-11-26-29(18(14)12-25-19)17-8-6-16(24)7-9-17/h2-12,20,31H,1H3,(H,27,30)/t20-,22?/m0/s1. The molecular formula is C22H17F2N5O2. The molecule has 2 amide bonds. The van der Waals surface area contributed by atoms with Crippen molar-refractivity contribution in [1.29, 1.82) is 0 Å². The van der Waals surface area contributed by atoms with Crippen LogP contribution in [0.3, 0.4) is 0 Å². The molecule has 1 saturated heterocycles. The van der Waals surface area contributed by atoms with Crippen molar-refractivity contribution in [2.24, 2.45) is 0 Å². The maximum Gasteiger partial charge on any atom is 0.326 e.